The zero-order valence-corrected chi connectivity index (χ0v) is 16.6. The highest BCUT2D eigenvalue weighted by atomic mass is 32.2. The quantitative estimate of drug-likeness (QED) is 0.588. The summed E-state index contributed by atoms with van der Waals surface area (Å²) in [6.45, 7) is 5.58. The molecular formula is C21H34N2OS. The molecule has 0 heterocycles. The maximum atomic E-state index is 6.04. The largest absolute Gasteiger partial charge is 0.490 e. The number of hydrogen-bond donors (Lipinski definition) is 2. The molecule has 0 bridgehead atoms. The Bertz CT molecular complexity index is 491. The molecule has 0 radical (unpaired) electrons. The first-order valence-electron chi connectivity index (χ1n) is 10.1. The minimum atomic E-state index is 0.441. The van der Waals surface area contributed by atoms with Crippen molar-refractivity contribution in [3.63, 3.8) is 0 Å². The number of benzene rings is 1. The first kappa shape index (κ1) is 18.9. The molecule has 0 aliphatic heterocycles. The fourth-order valence-corrected chi connectivity index (χ4v) is 4.53. The molecule has 1 aromatic carbocycles. The van der Waals surface area contributed by atoms with Gasteiger partial charge in [0.2, 0.25) is 0 Å². The van der Waals surface area contributed by atoms with Crippen LogP contribution in [0, 0.1) is 5.92 Å². The van der Waals surface area contributed by atoms with Crippen LogP contribution in [0.4, 0.5) is 5.69 Å². The summed E-state index contributed by atoms with van der Waals surface area (Å²) < 4.78 is 9.67. The van der Waals surface area contributed by atoms with Gasteiger partial charge < -0.3 is 10.1 Å². The molecule has 0 unspecified atom stereocenters. The predicted octanol–water partition coefficient (Wildman–Crippen LogP) is 5.62. The fourth-order valence-electron chi connectivity index (χ4n) is 3.83. The van der Waals surface area contributed by atoms with Gasteiger partial charge in [-0.05, 0) is 81.5 Å². The van der Waals surface area contributed by atoms with Crippen LogP contribution in [0.2, 0.25) is 0 Å². The molecule has 2 N–H and O–H groups in total. The minimum Gasteiger partial charge on any atom is -0.490 e. The van der Waals surface area contributed by atoms with E-state index in [0.29, 0.717) is 17.4 Å². The summed E-state index contributed by atoms with van der Waals surface area (Å²) in [5, 5.41) is 4.29. The number of rotatable bonds is 8. The van der Waals surface area contributed by atoms with Gasteiger partial charge in [-0.25, -0.2) is 0 Å². The smallest absolute Gasteiger partial charge is 0.119 e. The number of anilines is 1. The molecule has 2 aliphatic carbocycles. The molecule has 3 rings (SSSR count). The summed E-state index contributed by atoms with van der Waals surface area (Å²) in [6.07, 6.45) is 10.8. The summed E-state index contributed by atoms with van der Waals surface area (Å²) in [7, 11) is 0. The lowest BCUT2D eigenvalue weighted by atomic mass is 9.86. The third kappa shape index (κ3) is 6.41. The third-order valence-electron chi connectivity index (χ3n) is 5.37. The highest BCUT2D eigenvalue weighted by Gasteiger charge is 2.21. The molecule has 0 atom stereocenters. The molecule has 3 nitrogen and oxygen atoms in total. The molecule has 4 heteroatoms. The van der Waals surface area contributed by atoms with Crippen LogP contribution in [0.15, 0.2) is 24.3 Å². The summed E-state index contributed by atoms with van der Waals surface area (Å²) in [5.41, 5.74) is 1.22. The van der Waals surface area contributed by atoms with Gasteiger partial charge in [0.05, 0.1) is 6.10 Å². The molecular weight excluding hydrogens is 328 g/mol. The highest BCUT2D eigenvalue weighted by Crippen LogP contribution is 2.27. The van der Waals surface area contributed by atoms with Crippen molar-refractivity contribution < 1.29 is 4.74 Å². The summed E-state index contributed by atoms with van der Waals surface area (Å²) in [4.78, 5) is 0. The van der Waals surface area contributed by atoms with Gasteiger partial charge in [-0.15, -0.1) is 0 Å². The lowest BCUT2D eigenvalue weighted by Crippen LogP contribution is -2.31. The maximum absolute atomic E-state index is 6.04. The van der Waals surface area contributed by atoms with Gasteiger partial charge in [0, 0.05) is 23.5 Å². The summed E-state index contributed by atoms with van der Waals surface area (Å²) in [5.74, 6) is 1.82. The van der Waals surface area contributed by atoms with Crippen molar-refractivity contribution in [3.05, 3.63) is 24.3 Å². The van der Waals surface area contributed by atoms with E-state index in [1.807, 2.05) is 11.9 Å². The molecule has 0 aromatic heterocycles. The molecule has 2 saturated carbocycles. The second-order valence-corrected chi connectivity index (χ2v) is 9.35. The SMILES string of the molecule is CC(C)SNC1CCC(CNc2ccc(OC3CCCC3)cc2)CC1. The Balaban J connectivity index is 1.34. The topological polar surface area (TPSA) is 33.3 Å². The van der Waals surface area contributed by atoms with E-state index in [4.69, 9.17) is 4.74 Å². The van der Waals surface area contributed by atoms with E-state index >= 15 is 0 Å². The van der Waals surface area contributed by atoms with E-state index < -0.39 is 0 Å². The van der Waals surface area contributed by atoms with Gasteiger partial charge in [0.1, 0.15) is 5.75 Å². The molecule has 2 aliphatic rings. The van der Waals surface area contributed by atoms with Gasteiger partial charge in [-0.2, -0.15) is 0 Å². The summed E-state index contributed by atoms with van der Waals surface area (Å²) >= 11 is 1.88. The van der Waals surface area contributed by atoms with E-state index in [1.165, 1.54) is 57.1 Å². The first-order chi connectivity index (χ1) is 12.2. The summed E-state index contributed by atoms with van der Waals surface area (Å²) in [6, 6.07) is 9.26. The van der Waals surface area contributed by atoms with E-state index in [-0.39, 0.29) is 0 Å². The van der Waals surface area contributed by atoms with Crippen molar-refractivity contribution >= 4 is 17.6 Å². The molecule has 140 valence electrons. The second-order valence-electron chi connectivity index (χ2n) is 7.93. The average molecular weight is 363 g/mol. The van der Waals surface area contributed by atoms with Crippen LogP contribution in [0.25, 0.3) is 0 Å². The monoisotopic (exact) mass is 362 g/mol. The van der Waals surface area contributed by atoms with Crippen molar-refractivity contribution in [3.8, 4) is 5.75 Å². The van der Waals surface area contributed by atoms with Gasteiger partial charge in [0.25, 0.3) is 0 Å². The number of ether oxygens (including phenoxy) is 1. The van der Waals surface area contributed by atoms with Crippen molar-refractivity contribution in [2.45, 2.75) is 82.6 Å². The Kier molecular flexibility index (Phi) is 7.35. The van der Waals surface area contributed by atoms with E-state index in [0.717, 1.165) is 18.2 Å². The minimum absolute atomic E-state index is 0.441. The van der Waals surface area contributed by atoms with Gasteiger partial charge >= 0.3 is 0 Å². The average Bonchev–Trinajstić information content (AvgIpc) is 3.13. The number of hydrogen-bond acceptors (Lipinski definition) is 4. The first-order valence-corrected chi connectivity index (χ1v) is 11.0. The van der Waals surface area contributed by atoms with Gasteiger partial charge in [-0.1, -0.05) is 25.8 Å². The lowest BCUT2D eigenvalue weighted by Gasteiger charge is -2.29. The van der Waals surface area contributed by atoms with Crippen molar-refractivity contribution in [1.82, 2.24) is 4.72 Å². The van der Waals surface area contributed by atoms with E-state index in [2.05, 4.69) is 48.2 Å². The van der Waals surface area contributed by atoms with E-state index in [1.54, 1.807) is 0 Å². The Hall–Kier alpha value is -0.870. The van der Waals surface area contributed by atoms with Crippen molar-refractivity contribution in [2.24, 2.45) is 5.92 Å². The Morgan fingerprint density at radius 3 is 2.32 bits per heavy atom. The Morgan fingerprint density at radius 1 is 1.00 bits per heavy atom. The van der Waals surface area contributed by atoms with Crippen LogP contribution in [0.1, 0.15) is 65.2 Å². The third-order valence-corrected chi connectivity index (χ3v) is 6.31. The Labute approximate surface area is 157 Å². The molecule has 25 heavy (non-hydrogen) atoms. The fraction of sp³-hybridized carbons (Fsp3) is 0.714. The van der Waals surface area contributed by atoms with Crippen molar-refractivity contribution in [2.75, 3.05) is 11.9 Å². The van der Waals surface area contributed by atoms with Crippen LogP contribution in [0.5, 0.6) is 5.75 Å². The van der Waals surface area contributed by atoms with Crippen molar-refractivity contribution in [1.29, 1.82) is 0 Å². The second kappa shape index (κ2) is 9.72. The normalized spacial score (nSPS) is 24.6. The van der Waals surface area contributed by atoms with Gasteiger partial charge in [0.15, 0.2) is 0 Å². The Morgan fingerprint density at radius 2 is 1.68 bits per heavy atom. The van der Waals surface area contributed by atoms with Crippen LogP contribution in [0.3, 0.4) is 0 Å². The highest BCUT2D eigenvalue weighted by molar-refractivity contribution is 7.98. The van der Waals surface area contributed by atoms with Crippen LogP contribution in [-0.4, -0.2) is 23.9 Å². The molecule has 0 saturated heterocycles. The van der Waals surface area contributed by atoms with Crippen LogP contribution < -0.4 is 14.8 Å². The van der Waals surface area contributed by atoms with Crippen LogP contribution in [-0.2, 0) is 0 Å². The predicted molar refractivity (Wildman–Crippen MR) is 109 cm³/mol. The molecule has 0 spiro atoms. The zero-order valence-electron chi connectivity index (χ0n) is 15.8. The zero-order chi connectivity index (χ0) is 17.5. The van der Waals surface area contributed by atoms with Crippen LogP contribution >= 0.6 is 11.9 Å². The molecule has 0 amide bonds. The molecule has 2 fully saturated rings. The lowest BCUT2D eigenvalue weighted by molar-refractivity contribution is 0.210. The standard InChI is InChI=1S/C21H34N2OS/c1-16(2)25-23-19-9-7-17(8-10-19)15-22-18-11-13-21(14-12-18)24-20-5-3-4-6-20/h11-14,16-17,19-20,22-23H,3-10,15H2,1-2H3. The maximum Gasteiger partial charge on any atom is 0.119 e. The number of nitrogens with one attached hydrogen (secondary N) is 2. The molecule has 1 aromatic rings. The van der Waals surface area contributed by atoms with E-state index in [9.17, 15) is 0 Å². The van der Waals surface area contributed by atoms with Gasteiger partial charge in [-0.3, -0.25) is 4.72 Å².